The van der Waals surface area contributed by atoms with Crippen LogP contribution in [0, 0.1) is 5.92 Å². The fraction of sp³-hybridized carbons (Fsp3) is 0.417. The van der Waals surface area contributed by atoms with E-state index in [0.29, 0.717) is 17.3 Å². The van der Waals surface area contributed by atoms with E-state index in [2.05, 4.69) is 19.2 Å². The van der Waals surface area contributed by atoms with E-state index in [1.54, 1.807) is 11.8 Å². The summed E-state index contributed by atoms with van der Waals surface area (Å²) in [4.78, 5) is 12.1. The third-order valence-electron chi connectivity index (χ3n) is 1.92. The van der Waals surface area contributed by atoms with Crippen LogP contribution in [0.15, 0.2) is 23.1 Å². The first kappa shape index (κ1) is 12.9. The molecule has 0 aliphatic carbocycles. The second-order valence-electron chi connectivity index (χ2n) is 4.14. The molecule has 0 aliphatic heterocycles. The van der Waals surface area contributed by atoms with Gasteiger partial charge in [0.15, 0.2) is 0 Å². The summed E-state index contributed by atoms with van der Waals surface area (Å²) in [5.74, 6) is 1.60. The van der Waals surface area contributed by atoms with Gasteiger partial charge in [-0.05, 0) is 24.1 Å². The van der Waals surface area contributed by atoms with E-state index in [4.69, 9.17) is 5.73 Å². The molecule has 0 aliphatic rings. The monoisotopic (exact) mass is 238 g/mol. The first-order valence-electron chi connectivity index (χ1n) is 5.29. The summed E-state index contributed by atoms with van der Waals surface area (Å²) in [5, 5.41) is 2.72. The molecule has 1 aromatic carbocycles. The van der Waals surface area contributed by atoms with Gasteiger partial charge in [0.2, 0.25) is 5.91 Å². The molecule has 0 saturated heterocycles. The average molecular weight is 238 g/mol. The number of thioether (sulfide) groups is 1. The molecule has 0 radical (unpaired) electrons. The molecule has 0 spiro atoms. The van der Waals surface area contributed by atoms with Gasteiger partial charge >= 0.3 is 0 Å². The number of benzene rings is 1. The molecule has 88 valence electrons. The lowest BCUT2D eigenvalue weighted by atomic mass is 10.2. The number of hydrogen-bond acceptors (Lipinski definition) is 3. The molecule has 1 aromatic rings. The molecule has 0 aromatic heterocycles. The minimum Gasteiger partial charge on any atom is -0.397 e. The Bertz CT molecular complexity index is 377. The van der Waals surface area contributed by atoms with Crippen LogP contribution in [-0.4, -0.2) is 11.7 Å². The van der Waals surface area contributed by atoms with Crippen LogP contribution in [0.1, 0.15) is 20.8 Å². The smallest absolute Gasteiger partial charge is 0.221 e. The zero-order valence-corrected chi connectivity index (χ0v) is 10.7. The molecule has 0 unspecified atom stereocenters. The van der Waals surface area contributed by atoms with E-state index in [-0.39, 0.29) is 5.91 Å². The van der Waals surface area contributed by atoms with Crippen LogP contribution in [0.25, 0.3) is 0 Å². The Balaban J connectivity index is 2.76. The van der Waals surface area contributed by atoms with Crippen molar-refractivity contribution < 1.29 is 4.79 Å². The van der Waals surface area contributed by atoms with E-state index >= 15 is 0 Å². The van der Waals surface area contributed by atoms with Crippen LogP contribution in [-0.2, 0) is 4.79 Å². The van der Waals surface area contributed by atoms with Crippen LogP contribution < -0.4 is 11.1 Å². The highest BCUT2D eigenvalue weighted by molar-refractivity contribution is 7.99. The number of hydrogen-bond donors (Lipinski definition) is 2. The number of carbonyl (C=O) groups excluding carboxylic acids is 1. The Morgan fingerprint density at radius 1 is 1.50 bits per heavy atom. The predicted molar refractivity (Wildman–Crippen MR) is 70.7 cm³/mol. The highest BCUT2D eigenvalue weighted by atomic mass is 32.2. The van der Waals surface area contributed by atoms with E-state index < -0.39 is 0 Å². The van der Waals surface area contributed by atoms with Gasteiger partial charge in [-0.3, -0.25) is 4.79 Å². The van der Waals surface area contributed by atoms with Crippen LogP contribution in [0.5, 0.6) is 0 Å². The normalized spacial score (nSPS) is 10.5. The van der Waals surface area contributed by atoms with Crippen molar-refractivity contribution in [1.29, 1.82) is 0 Å². The van der Waals surface area contributed by atoms with Gasteiger partial charge in [-0.15, -0.1) is 11.8 Å². The third kappa shape index (κ3) is 4.14. The maximum absolute atomic E-state index is 11.0. The Hall–Kier alpha value is -1.16. The molecule has 1 amide bonds. The number of nitrogens with one attached hydrogen (secondary N) is 1. The zero-order chi connectivity index (χ0) is 12.1. The molecule has 4 heteroatoms. The van der Waals surface area contributed by atoms with Gasteiger partial charge < -0.3 is 11.1 Å². The van der Waals surface area contributed by atoms with Crippen molar-refractivity contribution in [2.24, 2.45) is 5.92 Å². The van der Waals surface area contributed by atoms with Gasteiger partial charge in [-0.2, -0.15) is 0 Å². The summed E-state index contributed by atoms with van der Waals surface area (Å²) in [6.07, 6.45) is 0. The Labute approximate surface area is 101 Å². The average Bonchev–Trinajstić information content (AvgIpc) is 2.18. The fourth-order valence-electron chi connectivity index (χ4n) is 1.19. The number of anilines is 2. The van der Waals surface area contributed by atoms with Crippen molar-refractivity contribution in [1.82, 2.24) is 0 Å². The summed E-state index contributed by atoms with van der Waals surface area (Å²) in [7, 11) is 0. The molecular weight excluding hydrogens is 220 g/mol. The number of amides is 1. The molecule has 3 N–H and O–H groups in total. The largest absolute Gasteiger partial charge is 0.397 e. The van der Waals surface area contributed by atoms with E-state index in [9.17, 15) is 4.79 Å². The summed E-state index contributed by atoms with van der Waals surface area (Å²) < 4.78 is 0. The van der Waals surface area contributed by atoms with Crippen molar-refractivity contribution in [3.8, 4) is 0 Å². The van der Waals surface area contributed by atoms with Crippen molar-refractivity contribution in [2.75, 3.05) is 16.8 Å². The van der Waals surface area contributed by atoms with Gasteiger partial charge in [0.05, 0.1) is 11.4 Å². The third-order valence-corrected chi connectivity index (χ3v) is 3.34. The molecule has 16 heavy (non-hydrogen) atoms. The van der Waals surface area contributed by atoms with Crippen LogP contribution in [0.2, 0.25) is 0 Å². The first-order chi connectivity index (χ1) is 7.49. The van der Waals surface area contributed by atoms with Gasteiger partial charge in [0, 0.05) is 17.6 Å². The van der Waals surface area contributed by atoms with Gasteiger partial charge in [0.25, 0.3) is 0 Å². The SMILES string of the molecule is CC(=O)Nc1cc(SCC(C)C)ccc1N. The fourth-order valence-corrected chi connectivity index (χ4v) is 2.08. The minimum atomic E-state index is -0.0993. The molecule has 0 fully saturated rings. The van der Waals surface area contributed by atoms with E-state index in [1.165, 1.54) is 6.92 Å². The molecule has 0 atom stereocenters. The number of nitrogens with two attached hydrogens (primary N) is 1. The Morgan fingerprint density at radius 3 is 2.75 bits per heavy atom. The summed E-state index contributed by atoms with van der Waals surface area (Å²) in [6.45, 7) is 5.84. The van der Waals surface area contributed by atoms with Crippen molar-refractivity contribution in [3.63, 3.8) is 0 Å². The molecular formula is C12H18N2OS. The molecule has 0 bridgehead atoms. The topological polar surface area (TPSA) is 55.1 Å². The second kappa shape index (κ2) is 5.80. The minimum absolute atomic E-state index is 0.0993. The standard InChI is InChI=1S/C12H18N2OS/c1-8(2)7-16-10-4-5-11(13)12(6-10)14-9(3)15/h4-6,8H,7,13H2,1-3H3,(H,14,15). The molecule has 3 nitrogen and oxygen atoms in total. The maximum atomic E-state index is 11.0. The lowest BCUT2D eigenvalue weighted by molar-refractivity contribution is -0.114. The highest BCUT2D eigenvalue weighted by Crippen LogP contribution is 2.27. The van der Waals surface area contributed by atoms with Crippen LogP contribution in [0.3, 0.4) is 0 Å². The van der Waals surface area contributed by atoms with Crippen LogP contribution in [0.4, 0.5) is 11.4 Å². The maximum Gasteiger partial charge on any atom is 0.221 e. The predicted octanol–water partition coefficient (Wildman–Crippen LogP) is 2.98. The number of carbonyl (C=O) groups is 1. The highest BCUT2D eigenvalue weighted by Gasteiger charge is 2.04. The Morgan fingerprint density at radius 2 is 2.19 bits per heavy atom. The lowest BCUT2D eigenvalue weighted by Gasteiger charge is -2.09. The van der Waals surface area contributed by atoms with Crippen LogP contribution >= 0.6 is 11.8 Å². The van der Waals surface area contributed by atoms with Gasteiger partial charge in [-0.25, -0.2) is 0 Å². The van der Waals surface area contributed by atoms with Gasteiger partial charge in [-0.1, -0.05) is 13.8 Å². The zero-order valence-electron chi connectivity index (χ0n) is 9.91. The summed E-state index contributed by atoms with van der Waals surface area (Å²) in [5.41, 5.74) is 7.07. The first-order valence-corrected chi connectivity index (χ1v) is 6.27. The number of nitrogen functional groups attached to an aromatic ring is 1. The van der Waals surface area contributed by atoms with E-state index in [1.807, 2.05) is 18.2 Å². The number of rotatable bonds is 4. The second-order valence-corrected chi connectivity index (χ2v) is 5.23. The van der Waals surface area contributed by atoms with Crippen molar-refractivity contribution in [2.45, 2.75) is 25.7 Å². The summed E-state index contributed by atoms with van der Waals surface area (Å²) in [6, 6.07) is 5.73. The quantitative estimate of drug-likeness (QED) is 0.626. The Kier molecular flexibility index (Phi) is 4.68. The van der Waals surface area contributed by atoms with Crippen molar-refractivity contribution >= 4 is 29.0 Å². The van der Waals surface area contributed by atoms with Crippen molar-refractivity contribution in [3.05, 3.63) is 18.2 Å². The molecule has 1 rings (SSSR count). The van der Waals surface area contributed by atoms with Gasteiger partial charge in [0.1, 0.15) is 0 Å². The summed E-state index contributed by atoms with van der Waals surface area (Å²) >= 11 is 1.77. The molecule has 0 saturated carbocycles. The van der Waals surface area contributed by atoms with E-state index in [0.717, 1.165) is 10.6 Å². The lowest BCUT2D eigenvalue weighted by Crippen LogP contribution is -2.08. The molecule has 0 heterocycles.